The summed E-state index contributed by atoms with van der Waals surface area (Å²) < 4.78 is 5.21. The topological polar surface area (TPSA) is 54.1 Å². The fourth-order valence-electron chi connectivity index (χ4n) is 1.86. The van der Waals surface area contributed by atoms with Gasteiger partial charge in [0, 0.05) is 30.6 Å². The van der Waals surface area contributed by atoms with Crippen molar-refractivity contribution in [1.29, 1.82) is 0 Å². The molecule has 18 heavy (non-hydrogen) atoms. The molecular formula is C13H18N2O2Pb. The summed E-state index contributed by atoms with van der Waals surface area (Å²) >= 11 is 0. The summed E-state index contributed by atoms with van der Waals surface area (Å²) in [5.74, 6) is 0.847. The molecule has 0 aliphatic heterocycles. The number of carbonyl (C=O) groups excluding carboxylic acids is 1. The molecule has 0 unspecified atom stereocenters. The van der Waals surface area contributed by atoms with E-state index in [4.69, 9.17) is 4.74 Å². The van der Waals surface area contributed by atoms with Crippen molar-refractivity contribution in [1.82, 2.24) is 10.3 Å². The molecular weight excluding hydrogens is 423 g/mol. The molecule has 0 saturated carbocycles. The van der Waals surface area contributed by atoms with Crippen LogP contribution >= 0.6 is 0 Å². The Morgan fingerprint density at radius 3 is 2.89 bits per heavy atom. The number of aromatic amines is 1. The summed E-state index contributed by atoms with van der Waals surface area (Å²) in [5, 5.41) is 3.94. The number of H-pyrrole nitrogens is 1. The molecule has 2 rings (SSSR count). The Balaban J connectivity index is 0.00000162. The van der Waals surface area contributed by atoms with Crippen molar-refractivity contribution in [3.8, 4) is 5.75 Å². The standard InChI is InChI=1S/C13H16N2O2.Pb.2H/c1-9(16)14-6-5-10-8-15-13-4-3-11(17-2)7-12(10)13;;;/h3-4,7-8,15H,5-6H2,1-2H3,(H,14,16);;;. The number of nitrogens with one attached hydrogen (secondary N) is 2. The van der Waals surface area contributed by atoms with Crippen LogP contribution in [0.4, 0.5) is 0 Å². The van der Waals surface area contributed by atoms with Crippen LogP contribution in [0.25, 0.3) is 10.9 Å². The van der Waals surface area contributed by atoms with E-state index in [2.05, 4.69) is 10.3 Å². The van der Waals surface area contributed by atoms with E-state index in [9.17, 15) is 4.79 Å². The maximum atomic E-state index is 10.8. The van der Waals surface area contributed by atoms with Gasteiger partial charge in [0.1, 0.15) is 5.75 Å². The third kappa shape index (κ3) is 3.47. The summed E-state index contributed by atoms with van der Waals surface area (Å²) in [6.07, 6.45) is 2.79. The third-order valence-corrected chi connectivity index (χ3v) is 2.74. The van der Waals surface area contributed by atoms with Crippen molar-refractivity contribution in [2.75, 3.05) is 13.7 Å². The first-order valence-electron chi connectivity index (χ1n) is 5.59. The van der Waals surface area contributed by atoms with E-state index in [1.807, 2.05) is 24.4 Å². The Morgan fingerprint density at radius 2 is 2.22 bits per heavy atom. The van der Waals surface area contributed by atoms with Crippen LogP contribution < -0.4 is 10.1 Å². The zero-order chi connectivity index (χ0) is 12.3. The number of ether oxygens (including phenoxy) is 1. The Bertz CT molecular complexity index is 537. The van der Waals surface area contributed by atoms with Crippen LogP contribution in [0, 0.1) is 0 Å². The van der Waals surface area contributed by atoms with Crippen LogP contribution in [0.15, 0.2) is 24.4 Å². The number of hydrogen-bond donors (Lipinski definition) is 2. The monoisotopic (exact) mass is 442 g/mol. The van der Waals surface area contributed by atoms with Gasteiger partial charge in [-0.2, -0.15) is 0 Å². The van der Waals surface area contributed by atoms with Crippen LogP contribution in [0.1, 0.15) is 12.5 Å². The van der Waals surface area contributed by atoms with Gasteiger partial charge in [-0.15, -0.1) is 0 Å². The van der Waals surface area contributed by atoms with E-state index in [0.29, 0.717) is 6.54 Å². The van der Waals surface area contributed by atoms with Crippen LogP contribution in [0.2, 0.25) is 0 Å². The first kappa shape index (κ1) is 15.0. The van der Waals surface area contributed by atoms with Gasteiger partial charge in [-0.3, -0.25) is 4.79 Å². The molecule has 0 atom stereocenters. The molecule has 0 saturated heterocycles. The number of aromatic nitrogens is 1. The third-order valence-electron chi connectivity index (χ3n) is 2.74. The summed E-state index contributed by atoms with van der Waals surface area (Å²) in [7, 11) is 1.66. The average molecular weight is 441 g/mol. The first-order chi connectivity index (χ1) is 8.20. The molecule has 1 aromatic carbocycles. The summed E-state index contributed by atoms with van der Waals surface area (Å²) in [6.45, 7) is 2.18. The average Bonchev–Trinajstić information content (AvgIpc) is 2.71. The Hall–Kier alpha value is -1.05. The number of amides is 1. The van der Waals surface area contributed by atoms with Gasteiger partial charge >= 0.3 is 27.3 Å². The molecule has 0 bridgehead atoms. The molecule has 0 fully saturated rings. The second-order valence-electron chi connectivity index (χ2n) is 3.96. The van der Waals surface area contributed by atoms with E-state index < -0.39 is 0 Å². The molecule has 5 heteroatoms. The molecule has 1 amide bonds. The number of fused-ring (bicyclic) bond motifs is 1. The Kier molecular flexibility index (Phi) is 5.65. The number of hydrogen-bond acceptors (Lipinski definition) is 2. The van der Waals surface area contributed by atoms with Gasteiger partial charge in [-0.05, 0) is 30.2 Å². The van der Waals surface area contributed by atoms with E-state index in [0.717, 1.165) is 23.1 Å². The fraction of sp³-hybridized carbons (Fsp3) is 0.308. The van der Waals surface area contributed by atoms with E-state index in [-0.39, 0.29) is 33.2 Å². The van der Waals surface area contributed by atoms with Gasteiger partial charge in [0.15, 0.2) is 0 Å². The van der Waals surface area contributed by atoms with Crippen LogP contribution in [0.5, 0.6) is 5.75 Å². The first-order valence-corrected chi connectivity index (χ1v) is 5.59. The van der Waals surface area contributed by atoms with E-state index in [1.165, 1.54) is 12.5 Å². The van der Waals surface area contributed by atoms with Crippen molar-refractivity contribution in [3.63, 3.8) is 0 Å². The predicted octanol–water partition coefficient (Wildman–Crippen LogP) is 0.939. The second-order valence-corrected chi connectivity index (χ2v) is 3.96. The van der Waals surface area contributed by atoms with Crippen LogP contribution in [-0.2, 0) is 11.2 Å². The molecule has 0 aliphatic rings. The molecule has 96 valence electrons. The minimum atomic E-state index is 0. The number of benzene rings is 1. The van der Waals surface area contributed by atoms with Crippen molar-refractivity contribution >= 4 is 44.1 Å². The molecule has 0 spiro atoms. The zero-order valence-electron chi connectivity index (χ0n) is 10.7. The van der Waals surface area contributed by atoms with Crippen molar-refractivity contribution in [2.45, 2.75) is 13.3 Å². The quantitative estimate of drug-likeness (QED) is 0.694. The van der Waals surface area contributed by atoms with Crippen molar-refractivity contribution < 1.29 is 9.53 Å². The summed E-state index contributed by atoms with van der Waals surface area (Å²) in [6, 6.07) is 5.93. The minimum absolute atomic E-state index is 0. The Morgan fingerprint density at radius 1 is 1.44 bits per heavy atom. The maximum absolute atomic E-state index is 10.8. The van der Waals surface area contributed by atoms with Crippen molar-refractivity contribution in [2.24, 2.45) is 0 Å². The van der Waals surface area contributed by atoms with Gasteiger partial charge in [-0.25, -0.2) is 0 Å². The SMILES string of the molecule is COc1ccc2[nH]cc(CCNC(C)=O)c2c1.[PbH2]. The number of carbonyl (C=O) groups is 1. The Labute approximate surface area is 126 Å². The van der Waals surface area contributed by atoms with E-state index in [1.54, 1.807) is 7.11 Å². The molecule has 2 N–H and O–H groups in total. The fourth-order valence-corrected chi connectivity index (χ4v) is 1.86. The van der Waals surface area contributed by atoms with E-state index >= 15 is 0 Å². The van der Waals surface area contributed by atoms with Crippen LogP contribution in [-0.4, -0.2) is 51.8 Å². The molecule has 4 nitrogen and oxygen atoms in total. The molecule has 2 radical (unpaired) electrons. The second kappa shape index (κ2) is 6.77. The normalized spacial score (nSPS) is 9.89. The summed E-state index contributed by atoms with van der Waals surface area (Å²) in [5.41, 5.74) is 2.27. The molecule has 0 aliphatic carbocycles. The zero-order valence-corrected chi connectivity index (χ0v) is 16.2. The van der Waals surface area contributed by atoms with Crippen molar-refractivity contribution in [3.05, 3.63) is 30.0 Å². The van der Waals surface area contributed by atoms with Gasteiger partial charge in [0.05, 0.1) is 7.11 Å². The molecule has 2 aromatic rings. The van der Waals surface area contributed by atoms with Crippen LogP contribution in [0.3, 0.4) is 0 Å². The van der Waals surface area contributed by atoms with Gasteiger partial charge in [-0.1, -0.05) is 0 Å². The molecule has 1 aromatic heterocycles. The summed E-state index contributed by atoms with van der Waals surface area (Å²) in [4.78, 5) is 14.0. The predicted molar refractivity (Wildman–Crippen MR) is 75.8 cm³/mol. The van der Waals surface area contributed by atoms with Gasteiger partial charge in [0.25, 0.3) is 0 Å². The number of methoxy groups -OCH3 is 1. The number of rotatable bonds is 4. The molecule has 1 heterocycles. The van der Waals surface area contributed by atoms with Gasteiger partial charge in [0.2, 0.25) is 5.91 Å². The van der Waals surface area contributed by atoms with Gasteiger partial charge < -0.3 is 15.0 Å².